The molecule has 1 saturated heterocycles. The Kier molecular flexibility index (Phi) is 7.57. The second-order valence-electron chi connectivity index (χ2n) is 7.18. The van der Waals surface area contributed by atoms with Gasteiger partial charge in [0.15, 0.2) is 0 Å². The standard InChI is InChI=1S/C19H27FN4O3/c1-13(2)11-21-17(25)18(26)22-12-14-7-9-24(10-8-14)19(27)23-16-5-3-15(20)4-6-16/h3-6,13-14H,7-12H2,1-2H3,(H,21,25)(H,22,26)(H,23,27). The van der Waals surface area contributed by atoms with Gasteiger partial charge >= 0.3 is 17.8 Å². The van der Waals surface area contributed by atoms with E-state index in [1.54, 1.807) is 4.90 Å². The smallest absolute Gasteiger partial charge is 0.321 e. The van der Waals surface area contributed by atoms with Crippen LogP contribution in [0.25, 0.3) is 0 Å². The Labute approximate surface area is 158 Å². The molecule has 0 aliphatic carbocycles. The van der Waals surface area contributed by atoms with E-state index in [0.29, 0.717) is 31.9 Å². The zero-order chi connectivity index (χ0) is 19.8. The third kappa shape index (κ3) is 6.88. The number of carbonyl (C=O) groups excluding carboxylic acids is 3. The van der Waals surface area contributed by atoms with Gasteiger partial charge in [0.25, 0.3) is 0 Å². The minimum Gasteiger partial charge on any atom is -0.348 e. The number of piperidine rings is 1. The predicted octanol–water partition coefficient (Wildman–Crippen LogP) is 1.96. The number of nitrogens with zero attached hydrogens (tertiary/aromatic N) is 1. The Morgan fingerprint density at radius 1 is 1.07 bits per heavy atom. The van der Waals surface area contributed by atoms with Crippen molar-refractivity contribution in [3.8, 4) is 0 Å². The minimum absolute atomic E-state index is 0.224. The Morgan fingerprint density at radius 2 is 1.67 bits per heavy atom. The van der Waals surface area contributed by atoms with Crippen LogP contribution in [0.3, 0.4) is 0 Å². The van der Waals surface area contributed by atoms with E-state index in [4.69, 9.17) is 0 Å². The SMILES string of the molecule is CC(C)CNC(=O)C(=O)NCC1CCN(C(=O)Nc2ccc(F)cc2)CC1. The number of urea groups is 1. The molecule has 1 aromatic rings. The van der Waals surface area contributed by atoms with Gasteiger partial charge in [-0.05, 0) is 48.9 Å². The third-order valence-electron chi connectivity index (χ3n) is 4.43. The lowest BCUT2D eigenvalue weighted by Crippen LogP contribution is -2.46. The Morgan fingerprint density at radius 3 is 2.26 bits per heavy atom. The van der Waals surface area contributed by atoms with Crippen molar-refractivity contribution < 1.29 is 18.8 Å². The molecule has 1 fully saturated rings. The number of hydrogen-bond acceptors (Lipinski definition) is 3. The Bertz CT molecular complexity index is 655. The normalized spacial score (nSPS) is 14.7. The number of nitrogens with one attached hydrogen (secondary N) is 3. The molecule has 0 bridgehead atoms. The fourth-order valence-corrected chi connectivity index (χ4v) is 2.77. The number of hydrogen-bond donors (Lipinski definition) is 3. The lowest BCUT2D eigenvalue weighted by Gasteiger charge is -2.32. The van der Waals surface area contributed by atoms with Crippen LogP contribution < -0.4 is 16.0 Å². The van der Waals surface area contributed by atoms with E-state index >= 15 is 0 Å². The van der Waals surface area contributed by atoms with Gasteiger partial charge in [-0.1, -0.05) is 13.8 Å². The van der Waals surface area contributed by atoms with Crippen LogP contribution in [-0.2, 0) is 9.59 Å². The van der Waals surface area contributed by atoms with Crippen LogP contribution in [0.2, 0.25) is 0 Å². The van der Waals surface area contributed by atoms with Crippen molar-refractivity contribution in [3.63, 3.8) is 0 Å². The van der Waals surface area contributed by atoms with E-state index < -0.39 is 11.8 Å². The van der Waals surface area contributed by atoms with Gasteiger partial charge in [0.05, 0.1) is 0 Å². The topological polar surface area (TPSA) is 90.5 Å². The number of rotatable bonds is 5. The fourth-order valence-electron chi connectivity index (χ4n) is 2.77. The van der Waals surface area contributed by atoms with E-state index in [0.717, 1.165) is 12.8 Å². The van der Waals surface area contributed by atoms with Crippen LogP contribution in [0.1, 0.15) is 26.7 Å². The first-order valence-electron chi connectivity index (χ1n) is 9.22. The number of halogens is 1. The molecular weight excluding hydrogens is 351 g/mol. The third-order valence-corrected chi connectivity index (χ3v) is 4.43. The Hall–Kier alpha value is -2.64. The molecule has 0 saturated carbocycles. The van der Waals surface area contributed by atoms with Gasteiger partial charge in [0.1, 0.15) is 5.82 Å². The number of anilines is 1. The molecule has 0 atom stereocenters. The first-order chi connectivity index (χ1) is 12.8. The molecule has 0 spiro atoms. The quantitative estimate of drug-likeness (QED) is 0.684. The summed E-state index contributed by atoms with van der Waals surface area (Å²) in [6.45, 7) is 5.92. The van der Waals surface area contributed by atoms with Crippen LogP contribution >= 0.6 is 0 Å². The van der Waals surface area contributed by atoms with E-state index in [9.17, 15) is 18.8 Å². The average molecular weight is 378 g/mol. The fraction of sp³-hybridized carbons (Fsp3) is 0.526. The molecule has 1 heterocycles. The van der Waals surface area contributed by atoms with Crippen molar-refractivity contribution in [1.82, 2.24) is 15.5 Å². The van der Waals surface area contributed by atoms with Gasteiger partial charge in [-0.3, -0.25) is 9.59 Å². The maximum absolute atomic E-state index is 12.9. The van der Waals surface area contributed by atoms with Gasteiger partial charge in [0, 0.05) is 31.9 Å². The van der Waals surface area contributed by atoms with Crippen LogP contribution in [0, 0.1) is 17.7 Å². The maximum Gasteiger partial charge on any atom is 0.321 e. The molecular formula is C19H27FN4O3. The number of likely N-dealkylation sites (tertiary alicyclic amines) is 1. The van der Waals surface area contributed by atoms with Gasteiger partial charge in [-0.15, -0.1) is 0 Å². The monoisotopic (exact) mass is 378 g/mol. The second kappa shape index (κ2) is 9.89. The molecule has 1 aliphatic heterocycles. The van der Waals surface area contributed by atoms with Crippen LogP contribution in [0.15, 0.2) is 24.3 Å². The lowest BCUT2D eigenvalue weighted by molar-refractivity contribution is -0.139. The first kappa shape index (κ1) is 20.7. The molecule has 2 rings (SSSR count). The summed E-state index contributed by atoms with van der Waals surface area (Å²) in [6, 6.07) is 5.39. The predicted molar refractivity (Wildman–Crippen MR) is 101 cm³/mol. The highest BCUT2D eigenvalue weighted by atomic mass is 19.1. The summed E-state index contributed by atoms with van der Waals surface area (Å²) in [6.07, 6.45) is 1.48. The molecule has 0 radical (unpaired) electrons. The van der Waals surface area contributed by atoms with Crippen LogP contribution in [-0.4, -0.2) is 48.9 Å². The summed E-state index contributed by atoms with van der Waals surface area (Å²) in [7, 11) is 0. The summed E-state index contributed by atoms with van der Waals surface area (Å²) in [5.74, 6) is -1.07. The minimum atomic E-state index is -0.618. The molecule has 1 aromatic carbocycles. The van der Waals surface area contributed by atoms with E-state index in [2.05, 4.69) is 16.0 Å². The molecule has 148 valence electrons. The van der Waals surface area contributed by atoms with Crippen molar-refractivity contribution in [2.75, 3.05) is 31.5 Å². The molecule has 0 unspecified atom stereocenters. The molecule has 1 aliphatic rings. The highest BCUT2D eigenvalue weighted by Gasteiger charge is 2.24. The van der Waals surface area contributed by atoms with E-state index in [-0.39, 0.29) is 23.7 Å². The summed E-state index contributed by atoms with van der Waals surface area (Å²) in [4.78, 5) is 37.4. The van der Waals surface area contributed by atoms with Crippen LogP contribution in [0.4, 0.5) is 14.9 Å². The maximum atomic E-state index is 12.9. The molecule has 7 nitrogen and oxygen atoms in total. The van der Waals surface area contributed by atoms with Gasteiger partial charge < -0.3 is 20.9 Å². The van der Waals surface area contributed by atoms with E-state index in [1.807, 2.05) is 13.8 Å². The van der Waals surface area contributed by atoms with Crippen molar-refractivity contribution in [1.29, 1.82) is 0 Å². The highest BCUT2D eigenvalue weighted by Crippen LogP contribution is 2.18. The zero-order valence-corrected chi connectivity index (χ0v) is 15.8. The van der Waals surface area contributed by atoms with Crippen molar-refractivity contribution >= 4 is 23.5 Å². The summed E-state index contributed by atoms with van der Waals surface area (Å²) in [5.41, 5.74) is 0.545. The lowest BCUT2D eigenvalue weighted by atomic mass is 9.97. The zero-order valence-electron chi connectivity index (χ0n) is 15.8. The molecule has 3 N–H and O–H groups in total. The van der Waals surface area contributed by atoms with Crippen molar-refractivity contribution in [2.24, 2.45) is 11.8 Å². The van der Waals surface area contributed by atoms with E-state index in [1.165, 1.54) is 24.3 Å². The molecule has 4 amide bonds. The molecule has 0 aromatic heterocycles. The summed E-state index contributed by atoms with van der Waals surface area (Å²) < 4.78 is 12.9. The van der Waals surface area contributed by atoms with Crippen molar-refractivity contribution in [2.45, 2.75) is 26.7 Å². The summed E-state index contributed by atoms with van der Waals surface area (Å²) >= 11 is 0. The van der Waals surface area contributed by atoms with Crippen LogP contribution in [0.5, 0.6) is 0 Å². The first-order valence-corrected chi connectivity index (χ1v) is 9.22. The largest absolute Gasteiger partial charge is 0.348 e. The Balaban J connectivity index is 1.68. The van der Waals surface area contributed by atoms with Gasteiger partial charge in [0.2, 0.25) is 0 Å². The molecule has 27 heavy (non-hydrogen) atoms. The van der Waals surface area contributed by atoms with Gasteiger partial charge in [-0.2, -0.15) is 0 Å². The number of amides is 4. The number of benzene rings is 1. The summed E-state index contributed by atoms with van der Waals surface area (Å²) in [5, 5.41) is 7.98. The van der Waals surface area contributed by atoms with Gasteiger partial charge in [-0.25, -0.2) is 9.18 Å². The van der Waals surface area contributed by atoms with Crippen molar-refractivity contribution in [3.05, 3.63) is 30.1 Å². The second-order valence-corrected chi connectivity index (χ2v) is 7.18. The molecule has 8 heteroatoms. The number of carbonyl (C=O) groups is 3. The highest BCUT2D eigenvalue weighted by molar-refractivity contribution is 6.35. The average Bonchev–Trinajstić information content (AvgIpc) is 2.66.